The van der Waals surface area contributed by atoms with Gasteiger partial charge in [0.15, 0.2) is 0 Å². The van der Waals surface area contributed by atoms with Crippen molar-refractivity contribution in [2.24, 2.45) is 17.3 Å². The van der Waals surface area contributed by atoms with E-state index in [-0.39, 0.29) is 11.5 Å². The number of carbonyl (C=O) groups excluding carboxylic acids is 1. The third-order valence-electron chi connectivity index (χ3n) is 9.41. The molecule has 0 spiro atoms. The normalized spacial score (nSPS) is 30.8. The van der Waals surface area contributed by atoms with E-state index < -0.39 is 5.41 Å². The first-order chi connectivity index (χ1) is 17.5. The molecule has 186 valence electrons. The lowest BCUT2D eigenvalue weighted by Gasteiger charge is -2.53. The zero-order valence-corrected chi connectivity index (χ0v) is 21.4. The van der Waals surface area contributed by atoms with E-state index in [4.69, 9.17) is 9.47 Å². The number of ether oxygens (including phenoxy) is 2. The summed E-state index contributed by atoms with van der Waals surface area (Å²) in [6.07, 6.45) is 5.00. The molecular formula is C33H36O3. The topological polar surface area (TPSA) is 35.5 Å². The molecule has 3 aliphatic carbocycles. The first-order valence-electron chi connectivity index (χ1n) is 13.4. The van der Waals surface area contributed by atoms with Crippen LogP contribution in [0.1, 0.15) is 61.8 Å². The van der Waals surface area contributed by atoms with E-state index in [9.17, 15) is 4.79 Å². The number of Topliss-reactive ketones (excluding diaryl/α,β-unsaturated/α-hetero) is 1. The van der Waals surface area contributed by atoms with Crippen LogP contribution in [0.4, 0.5) is 0 Å². The number of hydrogen-bond acceptors (Lipinski definition) is 3. The molecule has 3 aromatic rings. The Morgan fingerprint density at radius 3 is 2.28 bits per heavy atom. The molecule has 0 bridgehead atoms. The minimum Gasteiger partial charge on any atom is -0.489 e. The number of rotatable bonds is 6. The highest BCUT2D eigenvalue weighted by atomic mass is 16.5. The number of carbonyl (C=O) groups is 1. The van der Waals surface area contributed by atoms with Gasteiger partial charge in [-0.05, 0) is 84.2 Å². The molecule has 0 radical (unpaired) electrons. The lowest BCUT2D eigenvalue weighted by Crippen LogP contribution is -2.55. The van der Waals surface area contributed by atoms with E-state index in [1.165, 1.54) is 16.7 Å². The largest absolute Gasteiger partial charge is 0.489 e. The second-order valence-corrected chi connectivity index (χ2v) is 11.7. The Morgan fingerprint density at radius 2 is 1.56 bits per heavy atom. The van der Waals surface area contributed by atoms with E-state index in [2.05, 4.69) is 68.4 Å². The number of aryl methyl sites for hydroxylation is 1. The van der Waals surface area contributed by atoms with Crippen LogP contribution in [0.5, 0.6) is 5.75 Å². The van der Waals surface area contributed by atoms with Gasteiger partial charge in [-0.25, -0.2) is 0 Å². The molecule has 3 nitrogen and oxygen atoms in total. The van der Waals surface area contributed by atoms with Crippen molar-refractivity contribution < 1.29 is 14.3 Å². The molecule has 0 amide bonds. The fraction of sp³-hybridized carbons (Fsp3) is 0.424. The molecule has 3 heteroatoms. The Balaban J connectivity index is 1.20. The Labute approximate surface area is 214 Å². The molecule has 2 fully saturated rings. The number of hydrogen-bond donors (Lipinski definition) is 0. The predicted molar refractivity (Wildman–Crippen MR) is 142 cm³/mol. The highest BCUT2D eigenvalue weighted by Gasteiger charge is 2.61. The average Bonchev–Trinajstić information content (AvgIpc) is 3.23. The smallest absolute Gasteiger partial charge is 0.143 e. The van der Waals surface area contributed by atoms with E-state index in [0.717, 1.165) is 37.0 Å². The van der Waals surface area contributed by atoms with Crippen LogP contribution < -0.4 is 4.74 Å². The Bertz CT molecular complexity index is 1240. The number of fused-ring (bicyclic) bond motifs is 5. The third-order valence-corrected chi connectivity index (χ3v) is 9.41. The zero-order valence-electron chi connectivity index (χ0n) is 21.4. The molecule has 0 aromatic heterocycles. The predicted octanol–water partition coefficient (Wildman–Crippen LogP) is 7.06. The molecule has 3 aromatic carbocycles. The van der Waals surface area contributed by atoms with Gasteiger partial charge in [0.2, 0.25) is 0 Å². The second-order valence-electron chi connectivity index (χ2n) is 11.7. The van der Waals surface area contributed by atoms with Crippen LogP contribution in [-0.2, 0) is 34.6 Å². The van der Waals surface area contributed by atoms with Crippen molar-refractivity contribution in [3.8, 4) is 5.75 Å². The number of benzene rings is 3. The lowest BCUT2D eigenvalue weighted by atomic mass is 9.49. The van der Waals surface area contributed by atoms with Gasteiger partial charge in [0.1, 0.15) is 18.1 Å². The first kappa shape index (κ1) is 23.5. The van der Waals surface area contributed by atoms with E-state index in [1.807, 2.05) is 24.3 Å². The molecule has 5 atom stereocenters. The summed E-state index contributed by atoms with van der Waals surface area (Å²) in [6.45, 7) is 5.78. The van der Waals surface area contributed by atoms with Crippen molar-refractivity contribution in [3.63, 3.8) is 0 Å². The van der Waals surface area contributed by atoms with Gasteiger partial charge in [-0.15, -0.1) is 0 Å². The molecular weight excluding hydrogens is 444 g/mol. The molecule has 2 saturated carbocycles. The standard InChI is InChI=1S/C33H36O3/c1-32-19-27(36-22-24-11-7-4-8-12-24)18-30(32)29-15-13-25-17-26(35-21-23-9-5-3-6-10-23)14-16-28(25)33(29,2)31(34)20-32/h3-12,14,16-17,27,29-30H,13,15,18-22H2,1-2H3/t27-,29+,30+,32+,33-/m1/s1. The quantitative estimate of drug-likeness (QED) is 0.379. The van der Waals surface area contributed by atoms with Gasteiger partial charge in [-0.3, -0.25) is 4.79 Å². The number of ketones is 1. The summed E-state index contributed by atoms with van der Waals surface area (Å²) < 4.78 is 12.5. The van der Waals surface area contributed by atoms with Gasteiger partial charge >= 0.3 is 0 Å². The summed E-state index contributed by atoms with van der Waals surface area (Å²) in [7, 11) is 0. The van der Waals surface area contributed by atoms with Crippen LogP contribution >= 0.6 is 0 Å². The van der Waals surface area contributed by atoms with E-state index >= 15 is 0 Å². The van der Waals surface area contributed by atoms with Crippen molar-refractivity contribution in [2.75, 3.05) is 0 Å². The van der Waals surface area contributed by atoms with Crippen molar-refractivity contribution in [1.29, 1.82) is 0 Å². The van der Waals surface area contributed by atoms with Crippen molar-refractivity contribution in [2.45, 2.75) is 70.7 Å². The van der Waals surface area contributed by atoms with Gasteiger partial charge in [0.25, 0.3) is 0 Å². The summed E-state index contributed by atoms with van der Waals surface area (Å²) >= 11 is 0. The van der Waals surface area contributed by atoms with Crippen molar-refractivity contribution in [3.05, 3.63) is 101 Å². The van der Waals surface area contributed by atoms with Crippen LogP contribution in [0.3, 0.4) is 0 Å². The minimum absolute atomic E-state index is 0.0405. The lowest BCUT2D eigenvalue weighted by molar-refractivity contribution is -0.137. The Morgan fingerprint density at radius 1 is 0.861 bits per heavy atom. The van der Waals surface area contributed by atoms with Gasteiger partial charge in [0.05, 0.1) is 18.1 Å². The van der Waals surface area contributed by atoms with Crippen LogP contribution in [0.2, 0.25) is 0 Å². The second kappa shape index (κ2) is 9.19. The van der Waals surface area contributed by atoms with Crippen molar-refractivity contribution in [1.82, 2.24) is 0 Å². The maximum atomic E-state index is 13.9. The molecule has 36 heavy (non-hydrogen) atoms. The van der Waals surface area contributed by atoms with E-state index in [0.29, 0.717) is 37.3 Å². The van der Waals surface area contributed by atoms with Crippen LogP contribution in [0, 0.1) is 17.3 Å². The highest BCUT2D eigenvalue weighted by Crippen LogP contribution is 2.62. The fourth-order valence-electron chi connectivity index (χ4n) is 7.52. The van der Waals surface area contributed by atoms with Crippen molar-refractivity contribution >= 4 is 5.78 Å². The van der Waals surface area contributed by atoms with Gasteiger partial charge < -0.3 is 9.47 Å². The summed E-state index contributed by atoms with van der Waals surface area (Å²) in [5.74, 6) is 2.19. The zero-order chi connectivity index (χ0) is 24.8. The minimum atomic E-state index is -0.413. The summed E-state index contributed by atoms with van der Waals surface area (Å²) in [5.41, 5.74) is 4.52. The maximum absolute atomic E-state index is 13.9. The molecule has 0 heterocycles. The molecule has 0 N–H and O–H groups in total. The van der Waals surface area contributed by atoms with E-state index in [1.54, 1.807) is 0 Å². The SMILES string of the molecule is C[C@]12CC(=O)[C@]3(C)c4ccc(OCc5ccccc5)cc4CC[C@H]3[C@@H]1C[C@@H](OCc1ccccc1)C2. The Kier molecular flexibility index (Phi) is 6.00. The first-order valence-corrected chi connectivity index (χ1v) is 13.4. The molecule has 3 aliphatic rings. The Hall–Kier alpha value is -2.91. The maximum Gasteiger partial charge on any atom is 0.143 e. The molecule has 0 unspecified atom stereocenters. The van der Waals surface area contributed by atoms with Gasteiger partial charge in [-0.2, -0.15) is 0 Å². The molecule has 0 aliphatic heterocycles. The molecule has 0 saturated heterocycles. The fourth-order valence-corrected chi connectivity index (χ4v) is 7.52. The summed E-state index contributed by atoms with van der Waals surface area (Å²) in [6, 6.07) is 27.1. The summed E-state index contributed by atoms with van der Waals surface area (Å²) in [5, 5.41) is 0. The van der Waals surface area contributed by atoms with Crippen LogP contribution in [0.15, 0.2) is 78.9 Å². The highest BCUT2D eigenvalue weighted by molar-refractivity contribution is 5.92. The van der Waals surface area contributed by atoms with Gasteiger partial charge in [-0.1, -0.05) is 73.7 Å². The van der Waals surface area contributed by atoms with Crippen LogP contribution in [0.25, 0.3) is 0 Å². The monoisotopic (exact) mass is 480 g/mol. The van der Waals surface area contributed by atoms with Crippen LogP contribution in [-0.4, -0.2) is 11.9 Å². The molecule has 6 rings (SSSR count). The summed E-state index contributed by atoms with van der Waals surface area (Å²) in [4.78, 5) is 13.9. The average molecular weight is 481 g/mol. The third kappa shape index (κ3) is 4.08. The van der Waals surface area contributed by atoms with Gasteiger partial charge in [0, 0.05) is 6.42 Å².